The van der Waals surface area contributed by atoms with Crippen molar-refractivity contribution in [2.45, 2.75) is 19.4 Å². The van der Waals surface area contributed by atoms with E-state index in [1.807, 2.05) is 13.0 Å². The van der Waals surface area contributed by atoms with Gasteiger partial charge in [-0.1, -0.05) is 6.08 Å². The lowest BCUT2D eigenvalue weighted by molar-refractivity contribution is 0.241. The van der Waals surface area contributed by atoms with Crippen LogP contribution in [0.1, 0.15) is 13.3 Å². The molecule has 1 atom stereocenters. The summed E-state index contributed by atoms with van der Waals surface area (Å²) in [5.41, 5.74) is 6.22. The second-order valence-corrected chi connectivity index (χ2v) is 4.90. The Hall–Kier alpha value is -0.428. The van der Waals surface area contributed by atoms with Crippen LogP contribution in [0, 0.1) is 5.41 Å². The number of amides is 2. The van der Waals surface area contributed by atoms with E-state index in [1.165, 1.54) is 3.88 Å². The van der Waals surface area contributed by atoms with Gasteiger partial charge in [0.15, 0.2) is 3.84 Å². The molecule has 6 nitrogen and oxygen atoms in total. The third-order valence-corrected chi connectivity index (χ3v) is 2.55. The van der Waals surface area contributed by atoms with Crippen LogP contribution in [0.25, 0.3) is 0 Å². The molecular weight excluding hydrogens is 336 g/mol. The molecule has 4 N–H and O–H groups in total. The SMILES string of the molecule is CC(N)C/C=C1\NC(=O)[N]([Al])C1=NC(=N)I. The van der Waals surface area contributed by atoms with Gasteiger partial charge in [-0.05, 0) is 13.3 Å². The Morgan fingerprint density at radius 2 is 2.50 bits per heavy atom. The van der Waals surface area contributed by atoms with Crippen LogP contribution < -0.4 is 11.1 Å². The molecule has 1 rings (SSSR count). The van der Waals surface area contributed by atoms with E-state index in [0.717, 1.165) is 0 Å². The number of aliphatic imine (C=N–C) groups is 1. The number of urea groups is 1. The van der Waals surface area contributed by atoms with Gasteiger partial charge in [-0.2, -0.15) is 0 Å². The van der Waals surface area contributed by atoms with Crippen LogP contribution in [-0.4, -0.2) is 42.1 Å². The minimum absolute atomic E-state index is 0.0169. The molecule has 1 aliphatic heterocycles. The van der Waals surface area contributed by atoms with E-state index in [2.05, 4.69) is 26.8 Å². The van der Waals surface area contributed by atoms with Crippen molar-refractivity contribution < 1.29 is 4.79 Å². The van der Waals surface area contributed by atoms with Crippen LogP contribution in [0.4, 0.5) is 4.79 Å². The average molecular weight is 347 g/mol. The van der Waals surface area contributed by atoms with Crippen molar-refractivity contribution in [2.75, 3.05) is 0 Å². The molecule has 0 aromatic carbocycles. The third-order valence-electron chi connectivity index (χ3n) is 1.83. The Kier molecular flexibility index (Phi) is 4.92. The van der Waals surface area contributed by atoms with Crippen LogP contribution >= 0.6 is 22.6 Å². The molecule has 0 bridgehead atoms. The number of nitrogens with two attached hydrogens (primary N) is 1. The second-order valence-electron chi connectivity index (χ2n) is 3.36. The van der Waals surface area contributed by atoms with Gasteiger partial charge in [-0.25, -0.2) is 4.99 Å². The predicted molar refractivity (Wildman–Crippen MR) is 71.7 cm³/mol. The summed E-state index contributed by atoms with van der Waals surface area (Å²) in [5, 5.41) is 9.95. The molecule has 1 unspecified atom stereocenters. The van der Waals surface area contributed by atoms with Crippen molar-refractivity contribution in [1.82, 2.24) is 9.20 Å². The standard InChI is InChI=1S/C8H12IN5O.Al/c1-4(10)2-3-5-6(13-7(9)11)14-8(15)12-5;/h3-4H,2,10H2,1H3,(H3,11,12,13,14,15);/q;+1/p-1/b5-3-;. The van der Waals surface area contributed by atoms with Crippen molar-refractivity contribution in [3.05, 3.63) is 11.8 Å². The van der Waals surface area contributed by atoms with Gasteiger partial charge in [-0.3, -0.25) is 10.2 Å². The molecule has 16 heavy (non-hydrogen) atoms. The minimum Gasteiger partial charge on any atom is -0.391 e. The maximum Gasteiger partial charge on any atom is 0.328 e. The lowest BCUT2D eigenvalue weighted by Crippen LogP contribution is -2.28. The number of hydrogen-bond donors (Lipinski definition) is 3. The van der Waals surface area contributed by atoms with Gasteiger partial charge in [0.05, 0.1) is 5.70 Å². The Morgan fingerprint density at radius 3 is 3.00 bits per heavy atom. The first-order valence-corrected chi connectivity index (χ1v) is 6.16. The Bertz CT molecular complexity index is 379. The number of nitrogens with one attached hydrogen (secondary N) is 2. The molecule has 1 saturated heterocycles. The van der Waals surface area contributed by atoms with Gasteiger partial charge in [0.25, 0.3) is 0 Å². The molecule has 0 aliphatic carbocycles. The zero-order valence-electron chi connectivity index (χ0n) is 8.70. The van der Waals surface area contributed by atoms with Crippen LogP contribution in [0.5, 0.6) is 0 Å². The van der Waals surface area contributed by atoms with Gasteiger partial charge >= 0.3 is 22.5 Å². The summed E-state index contributed by atoms with van der Waals surface area (Å²) in [4.78, 5) is 15.4. The van der Waals surface area contributed by atoms with E-state index in [-0.39, 0.29) is 15.9 Å². The molecule has 1 heterocycles. The number of nitrogens with zero attached hydrogens (tertiary/aromatic N) is 2. The maximum absolute atomic E-state index is 11.4. The first kappa shape index (κ1) is 13.6. The topological polar surface area (TPSA) is 94.6 Å². The number of rotatable bonds is 2. The van der Waals surface area contributed by atoms with Gasteiger partial charge in [0.1, 0.15) is 5.84 Å². The molecule has 1 fully saturated rings. The van der Waals surface area contributed by atoms with Gasteiger partial charge in [0.2, 0.25) is 0 Å². The Labute approximate surface area is 116 Å². The van der Waals surface area contributed by atoms with Gasteiger partial charge < -0.3 is 14.9 Å². The summed E-state index contributed by atoms with van der Waals surface area (Å²) in [6.45, 7) is 1.88. The van der Waals surface area contributed by atoms with E-state index in [4.69, 9.17) is 11.1 Å². The molecule has 2 radical (unpaired) electrons. The van der Waals surface area contributed by atoms with Crippen molar-refractivity contribution in [2.24, 2.45) is 10.7 Å². The first-order chi connectivity index (χ1) is 7.41. The highest BCUT2D eigenvalue weighted by atomic mass is 127. The smallest absolute Gasteiger partial charge is 0.328 e. The summed E-state index contributed by atoms with van der Waals surface area (Å²) in [6, 6.07) is -0.263. The van der Waals surface area contributed by atoms with Crippen LogP contribution in [-0.2, 0) is 0 Å². The van der Waals surface area contributed by atoms with Crippen molar-refractivity contribution >= 4 is 54.8 Å². The summed E-state index contributed by atoms with van der Waals surface area (Å²) < 4.78 is 1.41. The highest BCUT2D eigenvalue weighted by Crippen LogP contribution is 2.11. The molecule has 0 saturated carbocycles. The highest BCUT2D eigenvalue weighted by molar-refractivity contribution is 14.1. The number of carbonyl (C=O) groups excluding carboxylic acids is 1. The summed E-state index contributed by atoms with van der Waals surface area (Å²) >= 11 is 4.03. The fraction of sp³-hybridized carbons (Fsp3) is 0.375. The molecule has 8 heteroatoms. The van der Waals surface area contributed by atoms with Crippen molar-refractivity contribution in [3.63, 3.8) is 0 Å². The zero-order chi connectivity index (χ0) is 12.3. The average Bonchev–Trinajstić information content (AvgIpc) is 2.42. The van der Waals surface area contributed by atoms with Gasteiger partial charge in [0, 0.05) is 28.6 Å². The quantitative estimate of drug-likeness (QED) is 0.223. The third kappa shape index (κ3) is 3.55. The van der Waals surface area contributed by atoms with E-state index in [1.54, 1.807) is 22.6 Å². The lowest BCUT2D eigenvalue weighted by atomic mass is 10.2. The van der Waals surface area contributed by atoms with Crippen LogP contribution in [0.15, 0.2) is 16.8 Å². The van der Waals surface area contributed by atoms with E-state index < -0.39 is 0 Å². The minimum atomic E-state index is -0.280. The van der Waals surface area contributed by atoms with Crippen molar-refractivity contribution in [3.8, 4) is 0 Å². The number of hydrogen-bond acceptors (Lipinski definition) is 3. The molecule has 0 aromatic rings. The molecule has 2 amide bonds. The normalized spacial score (nSPS) is 22.7. The molecule has 1 aliphatic rings. The fourth-order valence-electron chi connectivity index (χ4n) is 1.11. The maximum atomic E-state index is 11.4. The van der Waals surface area contributed by atoms with E-state index >= 15 is 0 Å². The van der Waals surface area contributed by atoms with E-state index in [0.29, 0.717) is 18.0 Å². The van der Waals surface area contributed by atoms with Crippen LogP contribution in [0.3, 0.4) is 0 Å². The largest absolute Gasteiger partial charge is 0.391 e. The zero-order valence-corrected chi connectivity index (χ0v) is 12.0. The Balaban J connectivity index is 2.95. The molecule has 0 aromatic heterocycles. The molecule has 0 spiro atoms. The lowest BCUT2D eigenvalue weighted by Gasteiger charge is -2.09. The summed E-state index contributed by atoms with van der Waals surface area (Å²) in [7, 11) is 0. The number of carbonyl (C=O) groups is 1. The fourth-order valence-corrected chi connectivity index (χ4v) is 1.60. The van der Waals surface area contributed by atoms with Gasteiger partial charge in [-0.15, -0.1) is 0 Å². The van der Waals surface area contributed by atoms with Crippen LogP contribution in [0.2, 0.25) is 0 Å². The second kappa shape index (κ2) is 5.77. The predicted octanol–water partition coefficient (Wildman–Crippen LogP) is 0.485. The Morgan fingerprint density at radius 1 is 1.88 bits per heavy atom. The number of halogens is 1. The molecular formula is C8H11AlIN5O. The summed E-state index contributed by atoms with van der Waals surface area (Å²) in [5.74, 6) is 0.426. The first-order valence-electron chi connectivity index (χ1n) is 4.56. The number of amidine groups is 2. The van der Waals surface area contributed by atoms with Crippen molar-refractivity contribution in [1.29, 1.82) is 5.41 Å². The summed E-state index contributed by atoms with van der Waals surface area (Å²) in [6.07, 6.45) is 2.45. The monoisotopic (exact) mass is 347 g/mol. The highest BCUT2D eigenvalue weighted by Gasteiger charge is 2.26. The molecule has 84 valence electrons. The van der Waals surface area contributed by atoms with E-state index in [9.17, 15) is 4.79 Å².